The van der Waals surface area contributed by atoms with Crippen LogP contribution < -0.4 is 5.32 Å². The van der Waals surface area contributed by atoms with Crippen molar-refractivity contribution in [3.8, 4) is 11.3 Å². The molecule has 0 amide bonds. The summed E-state index contributed by atoms with van der Waals surface area (Å²) in [6, 6.07) is 0.297. The first-order valence-electron chi connectivity index (χ1n) is 5.91. The van der Waals surface area contributed by atoms with Crippen molar-refractivity contribution in [2.45, 2.75) is 19.1 Å². The molecule has 96 valence electrons. The van der Waals surface area contributed by atoms with Gasteiger partial charge in [-0.15, -0.1) is 5.10 Å². The van der Waals surface area contributed by atoms with Crippen LogP contribution >= 0.6 is 0 Å². The average molecular weight is 248 g/mol. The Balaban J connectivity index is 1.88. The predicted octanol–water partition coefficient (Wildman–Crippen LogP) is -0.203. The average Bonchev–Trinajstić information content (AvgIpc) is 2.95. The van der Waals surface area contributed by atoms with Gasteiger partial charge in [0, 0.05) is 32.5 Å². The molecule has 18 heavy (non-hydrogen) atoms. The number of nitrogens with one attached hydrogen (secondary N) is 1. The van der Waals surface area contributed by atoms with E-state index >= 15 is 0 Å². The molecule has 0 spiro atoms. The molecule has 1 aliphatic heterocycles. The van der Waals surface area contributed by atoms with Crippen molar-refractivity contribution in [3.63, 3.8) is 0 Å². The van der Waals surface area contributed by atoms with Gasteiger partial charge in [-0.05, 0) is 0 Å². The van der Waals surface area contributed by atoms with Crippen LogP contribution in [0.15, 0.2) is 12.4 Å². The number of ether oxygens (including phenoxy) is 1. The van der Waals surface area contributed by atoms with Crippen LogP contribution in [-0.4, -0.2) is 44.5 Å². The summed E-state index contributed by atoms with van der Waals surface area (Å²) in [5.74, 6) is 0. The van der Waals surface area contributed by atoms with Gasteiger partial charge in [-0.3, -0.25) is 4.68 Å². The maximum absolute atomic E-state index is 5.15. The summed E-state index contributed by atoms with van der Waals surface area (Å²) >= 11 is 0. The first kappa shape index (κ1) is 11.4. The number of aromatic nitrogens is 5. The van der Waals surface area contributed by atoms with E-state index in [-0.39, 0.29) is 0 Å². The van der Waals surface area contributed by atoms with E-state index in [0.717, 1.165) is 30.0 Å². The van der Waals surface area contributed by atoms with E-state index in [1.54, 1.807) is 11.8 Å². The maximum Gasteiger partial charge on any atom is 0.120 e. The number of aryl methyl sites for hydroxylation is 1. The molecule has 0 unspecified atom stereocenters. The van der Waals surface area contributed by atoms with Gasteiger partial charge in [0.2, 0.25) is 0 Å². The molecule has 2 aromatic rings. The van der Waals surface area contributed by atoms with E-state index < -0.39 is 0 Å². The molecule has 3 heterocycles. The number of nitrogens with zero attached hydrogens (tertiary/aromatic N) is 5. The lowest BCUT2D eigenvalue weighted by Crippen LogP contribution is -2.42. The van der Waals surface area contributed by atoms with Crippen LogP contribution in [0.25, 0.3) is 11.3 Å². The van der Waals surface area contributed by atoms with Gasteiger partial charge in [0.1, 0.15) is 5.69 Å². The van der Waals surface area contributed by atoms with E-state index in [1.165, 1.54) is 0 Å². The van der Waals surface area contributed by atoms with Crippen molar-refractivity contribution in [1.29, 1.82) is 0 Å². The second-order valence-corrected chi connectivity index (χ2v) is 4.50. The molecule has 0 saturated carbocycles. The van der Waals surface area contributed by atoms with Gasteiger partial charge in [0.25, 0.3) is 0 Å². The highest BCUT2D eigenvalue weighted by Gasteiger charge is 2.23. The predicted molar refractivity (Wildman–Crippen MR) is 64.7 cm³/mol. The Morgan fingerprint density at radius 3 is 3.17 bits per heavy atom. The van der Waals surface area contributed by atoms with E-state index in [1.807, 2.05) is 24.1 Å². The lowest BCUT2D eigenvalue weighted by atomic mass is 10.1. The van der Waals surface area contributed by atoms with Crippen LogP contribution in [-0.2, 0) is 24.9 Å². The van der Waals surface area contributed by atoms with Gasteiger partial charge in [-0.25, -0.2) is 4.68 Å². The van der Waals surface area contributed by atoms with Crippen LogP contribution in [0, 0.1) is 0 Å². The van der Waals surface area contributed by atoms with E-state index in [9.17, 15) is 0 Å². The Hall–Kier alpha value is -1.73. The summed E-state index contributed by atoms with van der Waals surface area (Å²) in [5.41, 5.74) is 3.02. The van der Waals surface area contributed by atoms with Crippen LogP contribution in [0.4, 0.5) is 0 Å². The third kappa shape index (κ3) is 1.91. The SMILES string of the molecule is COC[C@@H]1Cn2nnc(-c3cnn(C)c3)c2CN1. The molecule has 0 saturated heterocycles. The molecular formula is C11H16N6O. The molecule has 0 fully saturated rings. The Morgan fingerprint density at radius 2 is 2.44 bits per heavy atom. The normalized spacial score (nSPS) is 18.9. The Kier molecular flexibility index (Phi) is 2.85. The van der Waals surface area contributed by atoms with Crippen molar-refractivity contribution in [1.82, 2.24) is 30.1 Å². The van der Waals surface area contributed by atoms with Gasteiger partial charge in [-0.2, -0.15) is 5.10 Å². The summed E-state index contributed by atoms with van der Waals surface area (Å²) < 4.78 is 8.87. The highest BCUT2D eigenvalue weighted by atomic mass is 16.5. The zero-order valence-corrected chi connectivity index (χ0v) is 10.5. The minimum Gasteiger partial charge on any atom is -0.383 e. The van der Waals surface area contributed by atoms with Crippen molar-refractivity contribution in [2.75, 3.05) is 13.7 Å². The fraction of sp³-hybridized carbons (Fsp3) is 0.545. The number of fused-ring (bicyclic) bond motifs is 1. The van der Waals surface area contributed by atoms with E-state index in [2.05, 4.69) is 20.7 Å². The molecule has 7 heteroatoms. The van der Waals surface area contributed by atoms with Crippen LogP contribution in [0.2, 0.25) is 0 Å². The topological polar surface area (TPSA) is 69.8 Å². The van der Waals surface area contributed by atoms with Gasteiger partial charge < -0.3 is 10.1 Å². The highest BCUT2D eigenvalue weighted by molar-refractivity contribution is 5.59. The zero-order valence-electron chi connectivity index (χ0n) is 10.5. The van der Waals surface area contributed by atoms with Crippen molar-refractivity contribution >= 4 is 0 Å². The smallest absolute Gasteiger partial charge is 0.120 e. The van der Waals surface area contributed by atoms with Crippen LogP contribution in [0.1, 0.15) is 5.69 Å². The summed E-state index contributed by atoms with van der Waals surface area (Å²) in [7, 11) is 3.60. The minimum absolute atomic E-state index is 0.297. The number of methoxy groups -OCH3 is 1. The van der Waals surface area contributed by atoms with Crippen molar-refractivity contribution in [2.24, 2.45) is 7.05 Å². The molecule has 1 atom stereocenters. The molecule has 7 nitrogen and oxygen atoms in total. The summed E-state index contributed by atoms with van der Waals surface area (Å²) in [6.07, 6.45) is 3.76. The summed E-state index contributed by atoms with van der Waals surface area (Å²) in [5, 5.41) is 16.1. The Bertz CT molecular complexity index is 545. The molecular weight excluding hydrogens is 232 g/mol. The maximum atomic E-state index is 5.15. The standard InChI is InChI=1S/C11H16N6O/c1-16-5-8(3-13-16)11-10-4-12-9(7-18-2)6-17(10)15-14-11/h3,5,9,12H,4,6-7H2,1-2H3/t9-/m0/s1. The van der Waals surface area contributed by atoms with E-state index in [4.69, 9.17) is 4.74 Å². The largest absolute Gasteiger partial charge is 0.383 e. The van der Waals surface area contributed by atoms with Gasteiger partial charge in [0.05, 0.1) is 31.1 Å². The number of hydrogen-bond donors (Lipinski definition) is 1. The first-order valence-corrected chi connectivity index (χ1v) is 5.91. The lowest BCUT2D eigenvalue weighted by Gasteiger charge is -2.24. The second-order valence-electron chi connectivity index (χ2n) is 4.50. The quantitative estimate of drug-likeness (QED) is 0.814. The molecule has 3 rings (SSSR count). The second kappa shape index (κ2) is 4.51. The third-order valence-corrected chi connectivity index (χ3v) is 3.14. The van der Waals surface area contributed by atoms with E-state index in [0.29, 0.717) is 12.6 Å². The monoisotopic (exact) mass is 248 g/mol. The fourth-order valence-electron chi connectivity index (χ4n) is 2.25. The molecule has 0 bridgehead atoms. The number of rotatable bonds is 3. The van der Waals surface area contributed by atoms with Crippen molar-refractivity contribution in [3.05, 3.63) is 18.1 Å². The Morgan fingerprint density at radius 1 is 1.56 bits per heavy atom. The molecule has 1 aliphatic rings. The van der Waals surface area contributed by atoms with Gasteiger partial charge in [-0.1, -0.05) is 5.21 Å². The van der Waals surface area contributed by atoms with Crippen LogP contribution in [0.3, 0.4) is 0 Å². The minimum atomic E-state index is 0.297. The molecule has 0 aromatic carbocycles. The zero-order chi connectivity index (χ0) is 12.5. The molecule has 1 N–H and O–H groups in total. The van der Waals surface area contributed by atoms with Crippen LogP contribution in [0.5, 0.6) is 0 Å². The number of hydrogen-bond acceptors (Lipinski definition) is 5. The molecule has 2 aromatic heterocycles. The van der Waals surface area contributed by atoms with Gasteiger partial charge in [0.15, 0.2) is 0 Å². The lowest BCUT2D eigenvalue weighted by molar-refractivity contribution is 0.148. The molecule has 0 aliphatic carbocycles. The summed E-state index contributed by atoms with van der Waals surface area (Å²) in [6.45, 7) is 2.23. The summed E-state index contributed by atoms with van der Waals surface area (Å²) in [4.78, 5) is 0. The Labute approximate surface area is 105 Å². The third-order valence-electron chi connectivity index (χ3n) is 3.14. The van der Waals surface area contributed by atoms with Gasteiger partial charge >= 0.3 is 0 Å². The fourth-order valence-corrected chi connectivity index (χ4v) is 2.25. The highest BCUT2D eigenvalue weighted by Crippen LogP contribution is 2.22. The molecule has 0 radical (unpaired) electrons. The van der Waals surface area contributed by atoms with Crippen molar-refractivity contribution < 1.29 is 4.74 Å². The first-order chi connectivity index (χ1) is 8.78.